The number of amides is 1. The summed E-state index contributed by atoms with van der Waals surface area (Å²) in [5, 5.41) is 12.5. The van der Waals surface area contributed by atoms with Crippen molar-refractivity contribution in [1.29, 1.82) is 0 Å². The van der Waals surface area contributed by atoms with Crippen molar-refractivity contribution < 1.29 is 9.53 Å². The lowest BCUT2D eigenvalue weighted by molar-refractivity contribution is -0.113. The lowest BCUT2D eigenvalue weighted by Gasteiger charge is -2.13. The Morgan fingerprint density at radius 1 is 1.13 bits per heavy atom. The molecule has 0 aliphatic heterocycles. The summed E-state index contributed by atoms with van der Waals surface area (Å²) >= 11 is 1.41. The highest BCUT2D eigenvalue weighted by atomic mass is 32.2. The van der Waals surface area contributed by atoms with Crippen molar-refractivity contribution in [2.24, 2.45) is 0 Å². The number of hydrogen-bond acceptors (Lipinski definition) is 5. The fourth-order valence-corrected chi connectivity index (χ4v) is 4.05. The molecule has 0 radical (unpaired) electrons. The molecule has 6 nitrogen and oxygen atoms in total. The van der Waals surface area contributed by atoms with E-state index in [1.807, 2.05) is 48.5 Å². The number of carbonyl (C=O) groups is 1. The standard InChI is InChI=1S/C23H28N4O2S/c1-5-27-21(14-17-10-12-18(29-4)13-11-17)25-26-23(27)30-15-22(28)24-20-9-7-6-8-19(20)16(2)3/h6-13,16H,5,14-15H2,1-4H3,(H,24,28). The lowest BCUT2D eigenvalue weighted by Crippen LogP contribution is -2.16. The van der Waals surface area contributed by atoms with E-state index < -0.39 is 0 Å². The van der Waals surface area contributed by atoms with E-state index in [0.29, 0.717) is 12.3 Å². The minimum Gasteiger partial charge on any atom is -0.497 e. The van der Waals surface area contributed by atoms with Gasteiger partial charge >= 0.3 is 0 Å². The summed E-state index contributed by atoms with van der Waals surface area (Å²) in [6.07, 6.45) is 0.680. The summed E-state index contributed by atoms with van der Waals surface area (Å²) in [6, 6.07) is 15.9. The number of benzene rings is 2. The number of nitrogens with zero attached hydrogens (tertiary/aromatic N) is 3. The first-order chi connectivity index (χ1) is 14.5. The summed E-state index contributed by atoms with van der Waals surface area (Å²) in [4.78, 5) is 12.5. The second-order valence-corrected chi connectivity index (χ2v) is 8.19. The molecule has 0 atom stereocenters. The van der Waals surface area contributed by atoms with Gasteiger partial charge in [0, 0.05) is 18.7 Å². The number of methoxy groups -OCH3 is 1. The van der Waals surface area contributed by atoms with E-state index in [-0.39, 0.29) is 11.7 Å². The quantitative estimate of drug-likeness (QED) is 0.502. The third kappa shape index (κ3) is 5.42. The monoisotopic (exact) mass is 424 g/mol. The minimum atomic E-state index is -0.0459. The third-order valence-corrected chi connectivity index (χ3v) is 5.79. The summed E-state index contributed by atoms with van der Waals surface area (Å²) in [6.45, 7) is 7.05. The van der Waals surface area contributed by atoms with E-state index in [4.69, 9.17) is 4.74 Å². The molecule has 0 aliphatic carbocycles. The Labute approximate surface area is 182 Å². The molecule has 3 rings (SSSR count). The van der Waals surface area contributed by atoms with Crippen LogP contribution in [0.4, 0.5) is 5.69 Å². The van der Waals surface area contributed by atoms with Gasteiger partial charge in [0.2, 0.25) is 5.91 Å². The molecule has 0 fully saturated rings. The van der Waals surface area contributed by atoms with E-state index in [1.165, 1.54) is 11.8 Å². The number of para-hydroxylation sites is 1. The number of anilines is 1. The number of rotatable bonds is 9. The number of thioether (sulfide) groups is 1. The lowest BCUT2D eigenvalue weighted by atomic mass is 10.0. The molecule has 0 saturated heterocycles. The Hall–Kier alpha value is -2.80. The number of aromatic nitrogens is 3. The van der Waals surface area contributed by atoms with Crippen LogP contribution in [0, 0.1) is 0 Å². The second-order valence-electron chi connectivity index (χ2n) is 7.25. The van der Waals surface area contributed by atoms with Crippen LogP contribution in [0.2, 0.25) is 0 Å². The highest BCUT2D eigenvalue weighted by Gasteiger charge is 2.15. The van der Waals surface area contributed by atoms with Gasteiger partial charge in [-0.2, -0.15) is 0 Å². The predicted molar refractivity (Wildman–Crippen MR) is 121 cm³/mol. The summed E-state index contributed by atoms with van der Waals surface area (Å²) < 4.78 is 7.27. The van der Waals surface area contributed by atoms with Crippen LogP contribution in [0.1, 0.15) is 43.6 Å². The first kappa shape index (κ1) is 21.9. The molecule has 0 spiro atoms. The van der Waals surface area contributed by atoms with Crippen molar-refractivity contribution in [3.63, 3.8) is 0 Å². The van der Waals surface area contributed by atoms with Crippen molar-refractivity contribution in [3.05, 3.63) is 65.5 Å². The van der Waals surface area contributed by atoms with Gasteiger partial charge in [-0.3, -0.25) is 4.79 Å². The maximum absolute atomic E-state index is 12.5. The molecule has 1 heterocycles. The maximum atomic E-state index is 12.5. The molecule has 158 valence electrons. The van der Waals surface area contributed by atoms with E-state index >= 15 is 0 Å². The number of carbonyl (C=O) groups excluding carboxylic acids is 1. The first-order valence-corrected chi connectivity index (χ1v) is 11.1. The topological polar surface area (TPSA) is 69.0 Å². The van der Waals surface area contributed by atoms with Crippen LogP contribution in [0.15, 0.2) is 53.7 Å². The average Bonchev–Trinajstić information content (AvgIpc) is 3.14. The summed E-state index contributed by atoms with van der Waals surface area (Å²) in [5.41, 5.74) is 3.14. The highest BCUT2D eigenvalue weighted by Crippen LogP contribution is 2.25. The molecule has 0 saturated carbocycles. The number of nitrogens with one attached hydrogen (secondary N) is 1. The van der Waals surface area contributed by atoms with E-state index in [9.17, 15) is 4.79 Å². The smallest absolute Gasteiger partial charge is 0.234 e. The van der Waals surface area contributed by atoms with Gasteiger partial charge in [0.05, 0.1) is 12.9 Å². The zero-order valence-electron chi connectivity index (χ0n) is 17.9. The van der Waals surface area contributed by atoms with E-state index in [0.717, 1.165) is 40.1 Å². The van der Waals surface area contributed by atoms with E-state index in [1.54, 1.807) is 7.11 Å². The molecule has 0 aliphatic rings. The summed E-state index contributed by atoms with van der Waals surface area (Å²) in [5.74, 6) is 2.30. The van der Waals surface area contributed by atoms with Gasteiger partial charge in [-0.05, 0) is 42.2 Å². The van der Waals surface area contributed by atoms with Crippen molar-refractivity contribution >= 4 is 23.4 Å². The van der Waals surface area contributed by atoms with Gasteiger partial charge in [-0.1, -0.05) is 55.9 Å². The fraction of sp³-hybridized carbons (Fsp3) is 0.348. The molecule has 0 unspecified atom stereocenters. The Bertz CT molecular complexity index is 983. The highest BCUT2D eigenvalue weighted by molar-refractivity contribution is 7.99. The second kappa shape index (κ2) is 10.3. The third-order valence-electron chi connectivity index (χ3n) is 4.82. The van der Waals surface area contributed by atoms with Crippen molar-refractivity contribution in [3.8, 4) is 5.75 Å². The number of ether oxygens (including phenoxy) is 1. The van der Waals surface area contributed by atoms with Crippen LogP contribution in [0.5, 0.6) is 5.75 Å². The van der Waals surface area contributed by atoms with Crippen molar-refractivity contribution in [2.45, 2.75) is 44.8 Å². The fourth-order valence-electron chi connectivity index (χ4n) is 3.23. The molecular formula is C23H28N4O2S. The molecule has 3 aromatic rings. The van der Waals surface area contributed by atoms with E-state index in [2.05, 4.69) is 40.9 Å². The Morgan fingerprint density at radius 2 is 1.87 bits per heavy atom. The van der Waals surface area contributed by atoms with Crippen LogP contribution in [0.3, 0.4) is 0 Å². The molecular weight excluding hydrogens is 396 g/mol. The molecule has 0 bridgehead atoms. The molecule has 2 aromatic carbocycles. The molecule has 1 amide bonds. The predicted octanol–water partition coefficient (Wildman–Crippen LogP) is 4.75. The largest absolute Gasteiger partial charge is 0.497 e. The normalized spacial score (nSPS) is 11.0. The van der Waals surface area contributed by atoms with Gasteiger partial charge in [0.15, 0.2) is 5.16 Å². The Kier molecular flexibility index (Phi) is 7.52. The first-order valence-electron chi connectivity index (χ1n) is 10.1. The SMILES string of the molecule is CCn1c(Cc2ccc(OC)cc2)nnc1SCC(=O)Nc1ccccc1C(C)C. The van der Waals surface area contributed by atoms with Gasteiger partial charge in [-0.15, -0.1) is 10.2 Å². The van der Waals surface area contributed by atoms with Crippen molar-refractivity contribution in [2.75, 3.05) is 18.2 Å². The van der Waals surface area contributed by atoms with Gasteiger partial charge in [-0.25, -0.2) is 0 Å². The van der Waals surface area contributed by atoms with Gasteiger partial charge in [0.25, 0.3) is 0 Å². The number of hydrogen-bond donors (Lipinski definition) is 1. The molecule has 1 aromatic heterocycles. The van der Waals surface area contributed by atoms with Crippen LogP contribution in [-0.2, 0) is 17.8 Å². The van der Waals surface area contributed by atoms with Crippen molar-refractivity contribution in [1.82, 2.24) is 14.8 Å². The van der Waals surface area contributed by atoms with Crippen LogP contribution >= 0.6 is 11.8 Å². The minimum absolute atomic E-state index is 0.0459. The summed E-state index contributed by atoms with van der Waals surface area (Å²) in [7, 11) is 1.66. The zero-order valence-corrected chi connectivity index (χ0v) is 18.7. The Morgan fingerprint density at radius 3 is 2.53 bits per heavy atom. The van der Waals surface area contributed by atoms with Gasteiger partial charge < -0.3 is 14.6 Å². The molecule has 30 heavy (non-hydrogen) atoms. The zero-order chi connectivity index (χ0) is 21.5. The average molecular weight is 425 g/mol. The molecule has 7 heteroatoms. The van der Waals surface area contributed by atoms with Gasteiger partial charge in [0.1, 0.15) is 11.6 Å². The van der Waals surface area contributed by atoms with Crippen LogP contribution in [0.25, 0.3) is 0 Å². The Balaban J connectivity index is 1.63. The molecule has 1 N–H and O–H groups in total. The maximum Gasteiger partial charge on any atom is 0.234 e. The van der Waals surface area contributed by atoms with Crippen LogP contribution < -0.4 is 10.1 Å². The van der Waals surface area contributed by atoms with Crippen LogP contribution in [-0.4, -0.2) is 33.5 Å².